The minimum Gasteiger partial charge on any atom is -0.355 e. The molecule has 30 heavy (non-hydrogen) atoms. The van der Waals surface area contributed by atoms with E-state index in [4.69, 9.17) is 0 Å². The highest BCUT2D eigenvalue weighted by molar-refractivity contribution is 5.96. The van der Waals surface area contributed by atoms with E-state index in [0.717, 1.165) is 36.4 Å². The first-order valence-corrected chi connectivity index (χ1v) is 10.3. The molecule has 1 unspecified atom stereocenters. The highest BCUT2D eigenvalue weighted by atomic mass is 16.2. The number of rotatable bonds is 8. The van der Waals surface area contributed by atoms with Gasteiger partial charge in [-0.3, -0.25) is 14.4 Å². The Kier molecular flexibility index (Phi) is 7.19. The van der Waals surface area contributed by atoms with E-state index in [9.17, 15) is 14.4 Å². The fourth-order valence-corrected chi connectivity index (χ4v) is 3.55. The van der Waals surface area contributed by atoms with E-state index in [1.165, 1.54) is 4.90 Å². The van der Waals surface area contributed by atoms with Gasteiger partial charge >= 0.3 is 0 Å². The van der Waals surface area contributed by atoms with E-state index in [-0.39, 0.29) is 17.7 Å². The van der Waals surface area contributed by atoms with Gasteiger partial charge in [-0.25, -0.2) is 0 Å². The Morgan fingerprint density at radius 1 is 1.07 bits per heavy atom. The van der Waals surface area contributed by atoms with Gasteiger partial charge < -0.3 is 20.4 Å². The zero-order valence-electron chi connectivity index (χ0n) is 17.5. The number of benzene rings is 2. The van der Waals surface area contributed by atoms with Crippen LogP contribution in [0.5, 0.6) is 0 Å². The van der Waals surface area contributed by atoms with Crippen molar-refractivity contribution in [2.24, 2.45) is 0 Å². The lowest BCUT2D eigenvalue weighted by Gasteiger charge is -2.16. The number of nitrogens with one attached hydrogen (secondary N) is 3. The number of quaternary nitrogens is 1. The Morgan fingerprint density at radius 3 is 2.37 bits per heavy atom. The fourth-order valence-electron chi connectivity index (χ4n) is 3.55. The summed E-state index contributed by atoms with van der Waals surface area (Å²) in [6, 6.07) is 14.9. The van der Waals surface area contributed by atoms with E-state index in [2.05, 4.69) is 10.6 Å². The number of hydrogen-bond donors (Lipinski definition) is 3. The number of hydrogen-bond acceptors (Lipinski definition) is 3. The normalized spacial score (nSPS) is 14.5. The molecule has 2 aromatic carbocycles. The SMILES string of the molecule is CNC(=O)c1ccc(C[NH+](C)CCC(=O)Nc2ccc(N3CCCC3=O)cc2)cc1. The van der Waals surface area contributed by atoms with E-state index in [1.807, 2.05) is 55.6 Å². The van der Waals surface area contributed by atoms with Crippen LogP contribution in [0, 0.1) is 0 Å². The van der Waals surface area contributed by atoms with Crippen LogP contribution in [0.15, 0.2) is 48.5 Å². The maximum atomic E-state index is 12.3. The smallest absolute Gasteiger partial charge is 0.251 e. The van der Waals surface area contributed by atoms with E-state index < -0.39 is 0 Å². The Balaban J connectivity index is 1.43. The van der Waals surface area contributed by atoms with Crippen molar-refractivity contribution in [2.75, 3.05) is 37.4 Å². The van der Waals surface area contributed by atoms with Gasteiger partial charge in [0.2, 0.25) is 11.8 Å². The zero-order chi connectivity index (χ0) is 21.5. The number of amides is 3. The van der Waals surface area contributed by atoms with Crippen molar-refractivity contribution in [2.45, 2.75) is 25.8 Å². The summed E-state index contributed by atoms with van der Waals surface area (Å²) in [5.41, 5.74) is 3.37. The highest BCUT2D eigenvalue weighted by Gasteiger charge is 2.21. The second kappa shape index (κ2) is 10.0. The number of nitrogens with zero attached hydrogens (tertiary/aromatic N) is 1. The average Bonchev–Trinajstić information content (AvgIpc) is 3.18. The minimum absolute atomic E-state index is 0.0330. The lowest BCUT2D eigenvalue weighted by Crippen LogP contribution is -3.07. The second-order valence-corrected chi connectivity index (χ2v) is 7.65. The molecule has 2 aromatic rings. The molecule has 7 heteroatoms. The Labute approximate surface area is 177 Å². The van der Waals surface area contributed by atoms with Gasteiger partial charge in [-0.1, -0.05) is 12.1 Å². The van der Waals surface area contributed by atoms with Crippen molar-refractivity contribution < 1.29 is 19.3 Å². The predicted molar refractivity (Wildman–Crippen MR) is 117 cm³/mol. The molecule has 1 saturated heterocycles. The van der Waals surface area contributed by atoms with Gasteiger partial charge in [0.25, 0.3) is 5.91 Å². The van der Waals surface area contributed by atoms with Crippen molar-refractivity contribution in [1.29, 1.82) is 0 Å². The Morgan fingerprint density at radius 2 is 1.77 bits per heavy atom. The van der Waals surface area contributed by atoms with Crippen LogP contribution in [-0.4, -0.2) is 44.9 Å². The van der Waals surface area contributed by atoms with Crippen LogP contribution >= 0.6 is 0 Å². The molecule has 1 fully saturated rings. The second-order valence-electron chi connectivity index (χ2n) is 7.65. The molecule has 7 nitrogen and oxygen atoms in total. The van der Waals surface area contributed by atoms with Gasteiger partial charge in [0.1, 0.15) is 6.54 Å². The van der Waals surface area contributed by atoms with Crippen LogP contribution in [0.2, 0.25) is 0 Å². The van der Waals surface area contributed by atoms with Crippen LogP contribution < -0.4 is 20.4 Å². The summed E-state index contributed by atoms with van der Waals surface area (Å²) in [6.07, 6.45) is 1.91. The van der Waals surface area contributed by atoms with Gasteiger partial charge in [0.15, 0.2) is 0 Å². The largest absolute Gasteiger partial charge is 0.355 e. The maximum absolute atomic E-state index is 12.3. The first-order valence-electron chi connectivity index (χ1n) is 10.3. The Bertz CT molecular complexity index is 894. The number of anilines is 2. The van der Waals surface area contributed by atoms with Crippen LogP contribution in [-0.2, 0) is 16.1 Å². The average molecular weight is 410 g/mol. The van der Waals surface area contributed by atoms with Gasteiger partial charge in [-0.2, -0.15) is 0 Å². The topological polar surface area (TPSA) is 82.9 Å². The minimum atomic E-state index is -0.0982. The van der Waals surface area contributed by atoms with Crippen LogP contribution in [0.3, 0.4) is 0 Å². The van der Waals surface area contributed by atoms with Crippen molar-refractivity contribution in [3.05, 3.63) is 59.7 Å². The third kappa shape index (κ3) is 5.67. The molecule has 0 aromatic heterocycles. The van der Waals surface area contributed by atoms with Crippen molar-refractivity contribution >= 4 is 29.1 Å². The van der Waals surface area contributed by atoms with E-state index >= 15 is 0 Å². The fraction of sp³-hybridized carbons (Fsp3) is 0.348. The van der Waals surface area contributed by atoms with E-state index in [1.54, 1.807) is 11.9 Å². The van der Waals surface area contributed by atoms with Crippen molar-refractivity contribution in [1.82, 2.24) is 5.32 Å². The molecule has 3 amide bonds. The lowest BCUT2D eigenvalue weighted by atomic mass is 10.1. The third-order valence-corrected chi connectivity index (χ3v) is 5.26. The molecule has 3 N–H and O–H groups in total. The van der Waals surface area contributed by atoms with Crippen molar-refractivity contribution in [3.8, 4) is 0 Å². The first kappa shape index (κ1) is 21.5. The quantitative estimate of drug-likeness (QED) is 0.613. The molecular weight excluding hydrogens is 380 g/mol. The molecular formula is C23H29N4O3+. The third-order valence-electron chi connectivity index (χ3n) is 5.26. The van der Waals surface area contributed by atoms with Gasteiger partial charge in [-0.05, 0) is 42.8 Å². The van der Waals surface area contributed by atoms with Gasteiger partial charge in [0, 0.05) is 42.5 Å². The molecule has 0 saturated carbocycles. The van der Waals surface area contributed by atoms with Crippen LogP contribution in [0.25, 0.3) is 0 Å². The molecule has 3 rings (SSSR count). The van der Waals surface area contributed by atoms with Crippen LogP contribution in [0.4, 0.5) is 11.4 Å². The molecule has 1 atom stereocenters. The van der Waals surface area contributed by atoms with Gasteiger partial charge in [0.05, 0.1) is 20.0 Å². The first-order chi connectivity index (χ1) is 14.5. The Hall–Kier alpha value is -3.19. The number of carbonyl (C=O) groups excluding carboxylic acids is 3. The highest BCUT2D eigenvalue weighted by Crippen LogP contribution is 2.23. The molecule has 0 aliphatic carbocycles. The molecule has 0 bridgehead atoms. The standard InChI is InChI=1S/C23H28N4O3/c1-24-23(30)18-7-5-17(6-8-18)16-26(2)15-13-21(28)25-19-9-11-20(12-10-19)27-14-3-4-22(27)29/h5-12H,3-4,13-16H2,1-2H3,(H,24,30)(H,25,28)/p+1. The summed E-state index contributed by atoms with van der Waals surface area (Å²) in [6.45, 7) is 2.23. The molecule has 0 spiro atoms. The molecule has 0 radical (unpaired) electrons. The summed E-state index contributed by atoms with van der Waals surface area (Å²) < 4.78 is 0. The molecule has 1 aliphatic rings. The predicted octanol–water partition coefficient (Wildman–Crippen LogP) is 1.22. The van der Waals surface area contributed by atoms with Crippen molar-refractivity contribution in [3.63, 3.8) is 0 Å². The maximum Gasteiger partial charge on any atom is 0.251 e. The molecule has 158 valence electrons. The molecule has 1 heterocycles. The lowest BCUT2D eigenvalue weighted by molar-refractivity contribution is -0.893. The molecule has 1 aliphatic heterocycles. The summed E-state index contributed by atoms with van der Waals surface area (Å²) >= 11 is 0. The van der Waals surface area contributed by atoms with Crippen LogP contribution in [0.1, 0.15) is 35.2 Å². The summed E-state index contributed by atoms with van der Waals surface area (Å²) in [5.74, 6) is 0.0226. The summed E-state index contributed by atoms with van der Waals surface area (Å²) in [7, 11) is 3.66. The summed E-state index contributed by atoms with van der Waals surface area (Å²) in [4.78, 5) is 38.7. The number of carbonyl (C=O) groups is 3. The van der Waals surface area contributed by atoms with Gasteiger partial charge in [-0.15, -0.1) is 0 Å². The zero-order valence-corrected chi connectivity index (χ0v) is 17.5. The monoisotopic (exact) mass is 409 g/mol. The van der Waals surface area contributed by atoms with E-state index in [0.29, 0.717) is 24.9 Å². The summed E-state index contributed by atoms with van der Waals surface area (Å²) in [5, 5.41) is 5.52.